The summed E-state index contributed by atoms with van der Waals surface area (Å²) in [6.45, 7) is 19.3. The highest BCUT2D eigenvalue weighted by Crippen LogP contribution is 2.38. The van der Waals surface area contributed by atoms with Gasteiger partial charge in [-0.1, -0.05) is 56.2 Å². The van der Waals surface area contributed by atoms with Gasteiger partial charge in [0.1, 0.15) is 0 Å². The summed E-state index contributed by atoms with van der Waals surface area (Å²) in [6, 6.07) is 8.93. The van der Waals surface area contributed by atoms with Gasteiger partial charge in [0.25, 0.3) is 8.32 Å². The van der Waals surface area contributed by atoms with E-state index in [-0.39, 0.29) is 17.5 Å². The summed E-state index contributed by atoms with van der Waals surface area (Å²) in [5.41, 5.74) is 9.94. The normalized spacial score (nSPS) is 18.1. The number of methoxy groups -OCH3 is 1. The van der Waals surface area contributed by atoms with Crippen molar-refractivity contribution >= 4 is 24.7 Å². The van der Waals surface area contributed by atoms with E-state index in [1.807, 2.05) is 0 Å². The van der Waals surface area contributed by atoms with Crippen LogP contribution in [0.3, 0.4) is 0 Å². The maximum Gasteiger partial charge on any atom is 0.335 e. The van der Waals surface area contributed by atoms with Crippen LogP contribution in [-0.2, 0) is 14.0 Å². The fraction of sp³-hybridized carbons (Fsp3) is 0.444. The van der Waals surface area contributed by atoms with Crippen molar-refractivity contribution in [1.29, 1.82) is 0 Å². The van der Waals surface area contributed by atoms with E-state index in [0.717, 1.165) is 0 Å². The number of carbonyl (C=O) groups is 1. The molecule has 1 aliphatic heterocycles. The third-order valence-electron chi connectivity index (χ3n) is 6.25. The summed E-state index contributed by atoms with van der Waals surface area (Å²) in [5.74, 6) is -0.292. The van der Waals surface area contributed by atoms with Gasteiger partial charge in [0.2, 0.25) is 0 Å². The zero-order chi connectivity index (χ0) is 23.3. The van der Waals surface area contributed by atoms with E-state index < -0.39 is 8.32 Å². The predicted molar refractivity (Wildman–Crippen MR) is 131 cm³/mol. The van der Waals surface area contributed by atoms with E-state index in [4.69, 9.17) is 9.16 Å². The molecule has 2 aromatic carbocycles. The molecule has 0 bridgehead atoms. The second-order valence-electron chi connectivity index (χ2n) is 10.2. The molecule has 0 spiro atoms. The number of ether oxygens (including phenoxy) is 1. The number of hydrogen-bond donors (Lipinski definition) is 0. The van der Waals surface area contributed by atoms with Crippen molar-refractivity contribution in [2.45, 2.75) is 68.4 Å². The Morgan fingerprint density at radius 3 is 1.55 bits per heavy atom. The van der Waals surface area contributed by atoms with Crippen LogP contribution in [0.1, 0.15) is 54.2 Å². The van der Waals surface area contributed by atoms with Gasteiger partial charge in [0, 0.05) is 0 Å². The third-order valence-corrected chi connectivity index (χ3v) is 10.6. The number of hydrogen-bond acceptors (Lipinski definition) is 3. The Morgan fingerprint density at radius 2 is 1.23 bits per heavy atom. The number of carbonyl (C=O) groups excluding carboxylic acids is 1. The molecule has 3 rings (SSSR count). The van der Waals surface area contributed by atoms with Gasteiger partial charge in [-0.2, -0.15) is 0 Å². The van der Waals surface area contributed by atoms with E-state index in [2.05, 4.69) is 92.3 Å². The van der Waals surface area contributed by atoms with Crippen molar-refractivity contribution in [2.24, 2.45) is 5.41 Å². The Kier molecular flexibility index (Phi) is 6.11. The zero-order valence-electron chi connectivity index (χ0n) is 20.7. The molecule has 0 fully saturated rings. The Bertz CT molecular complexity index is 969. The van der Waals surface area contributed by atoms with Crippen LogP contribution in [0.25, 0.3) is 0 Å². The number of benzene rings is 2. The molecular weight excluding hydrogens is 400 g/mol. The van der Waals surface area contributed by atoms with Crippen LogP contribution in [0.15, 0.2) is 35.5 Å². The molecule has 31 heavy (non-hydrogen) atoms. The molecule has 3 nitrogen and oxygen atoms in total. The SMILES string of the molecule is COC(=O)C1=C[Si](c2c(C)cc(C)cc2C)(c2c(C)cc(C)cc2C)OC1C(C)(C)C. The molecule has 0 radical (unpaired) electrons. The van der Waals surface area contributed by atoms with E-state index >= 15 is 0 Å². The second kappa shape index (κ2) is 8.07. The fourth-order valence-electron chi connectivity index (χ4n) is 5.42. The monoisotopic (exact) mass is 436 g/mol. The fourth-order valence-corrected chi connectivity index (χ4v) is 10.5. The van der Waals surface area contributed by atoms with Crippen molar-refractivity contribution in [3.8, 4) is 0 Å². The number of aryl methyl sites for hydroxylation is 6. The molecule has 1 unspecified atom stereocenters. The summed E-state index contributed by atoms with van der Waals surface area (Å²) in [7, 11) is -1.43. The lowest BCUT2D eigenvalue weighted by molar-refractivity contribution is -0.137. The highest BCUT2D eigenvalue weighted by atomic mass is 28.4. The quantitative estimate of drug-likeness (QED) is 0.518. The topological polar surface area (TPSA) is 35.5 Å². The molecule has 0 N–H and O–H groups in total. The summed E-state index contributed by atoms with van der Waals surface area (Å²) in [6.07, 6.45) is -0.327. The lowest BCUT2D eigenvalue weighted by Gasteiger charge is -2.36. The molecule has 0 aromatic heterocycles. The molecule has 4 heteroatoms. The summed E-state index contributed by atoms with van der Waals surface area (Å²) >= 11 is 0. The van der Waals surface area contributed by atoms with Crippen LogP contribution in [0.2, 0.25) is 0 Å². The molecule has 166 valence electrons. The molecule has 1 atom stereocenters. The van der Waals surface area contributed by atoms with Gasteiger partial charge in [0.05, 0.1) is 18.8 Å². The van der Waals surface area contributed by atoms with Gasteiger partial charge in [-0.05, 0) is 85.3 Å². The summed E-state index contributed by atoms with van der Waals surface area (Å²) in [5, 5.41) is 2.50. The lowest BCUT2D eigenvalue weighted by Crippen LogP contribution is -2.62. The number of rotatable bonds is 3. The van der Waals surface area contributed by atoms with Crippen LogP contribution in [0.4, 0.5) is 0 Å². The van der Waals surface area contributed by atoms with Crippen LogP contribution in [-0.4, -0.2) is 27.5 Å². The minimum absolute atomic E-state index is 0.242. The summed E-state index contributed by atoms with van der Waals surface area (Å²) < 4.78 is 12.4. The van der Waals surface area contributed by atoms with E-state index in [1.165, 1.54) is 50.9 Å². The molecule has 1 heterocycles. The van der Waals surface area contributed by atoms with Crippen molar-refractivity contribution in [3.63, 3.8) is 0 Å². The Hall–Kier alpha value is -2.17. The van der Waals surface area contributed by atoms with Gasteiger partial charge in [-0.25, -0.2) is 4.79 Å². The molecule has 0 amide bonds. The highest BCUT2D eigenvalue weighted by Gasteiger charge is 2.53. The van der Waals surface area contributed by atoms with Crippen molar-refractivity contribution in [3.05, 3.63) is 68.9 Å². The van der Waals surface area contributed by atoms with E-state index in [9.17, 15) is 4.79 Å². The van der Waals surface area contributed by atoms with Crippen molar-refractivity contribution in [2.75, 3.05) is 7.11 Å². The average molecular weight is 437 g/mol. The van der Waals surface area contributed by atoms with Gasteiger partial charge in [-0.3, -0.25) is 0 Å². The van der Waals surface area contributed by atoms with Crippen LogP contribution in [0.5, 0.6) is 0 Å². The molecular formula is C27H36O3Si. The lowest BCUT2D eigenvalue weighted by atomic mass is 9.85. The zero-order valence-corrected chi connectivity index (χ0v) is 21.7. The molecule has 0 saturated heterocycles. The third kappa shape index (κ3) is 4.03. The highest BCUT2D eigenvalue weighted by molar-refractivity contribution is 7.03. The first kappa shape index (κ1) is 23.5. The van der Waals surface area contributed by atoms with Crippen molar-refractivity contribution in [1.82, 2.24) is 0 Å². The van der Waals surface area contributed by atoms with Gasteiger partial charge in [-0.15, -0.1) is 0 Å². The van der Waals surface area contributed by atoms with Gasteiger partial charge >= 0.3 is 5.97 Å². The van der Waals surface area contributed by atoms with Gasteiger partial charge < -0.3 is 9.16 Å². The maximum atomic E-state index is 12.9. The van der Waals surface area contributed by atoms with E-state index in [1.54, 1.807) is 0 Å². The average Bonchev–Trinajstić information content (AvgIpc) is 3.00. The maximum absolute atomic E-state index is 12.9. The second-order valence-corrected chi connectivity index (χ2v) is 13.2. The first-order valence-electron chi connectivity index (χ1n) is 11.0. The van der Waals surface area contributed by atoms with Crippen molar-refractivity contribution < 1.29 is 14.0 Å². The van der Waals surface area contributed by atoms with Gasteiger partial charge in [0.15, 0.2) is 0 Å². The summed E-state index contributed by atoms with van der Waals surface area (Å²) in [4.78, 5) is 12.9. The largest absolute Gasteiger partial charge is 0.466 e. The van der Waals surface area contributed by atoms with Crippen LogP contribution < -0.4 is 10.4 Å². The predicted octanol–water partition coefficient (Wildman–Crippen LogP) is 4.68. The standard InChI is InChI=1S/C27H36O3Si/c1-16-11-18(3)23(19(4)12-16)31(24-20(5)13-17(2)14-21(24)6)15-22(26(28)29-10)25(30-31)27(7,8)9/h11-15,25H,1-10H3. The smallest absolute Gasteiger partial charge is 0.335 e. The first-order chi connectivity index (χ1) is 14.3. The van der Waals surface area contributed by atoms with Crippen LogP contribution in [0, 0.1) is 47.0 Å². The minimum atomic E-state index is -2.89. The molecule has 0 saturated carbocycles. The molecule has 0 aliphatic carbocycles. The molecule has 2 aromatic rings. The first-order valence-corrected chi connectivity index (χ1v) is 13.0. The Balaban J connectivity index is 2.47. The van der Waals surface area contributed by atoms with Crippen LogP contribution >= 0.6 is 0 Å². The Morgan fingerprint density at radius 1 is 0.839 bits per heavy atom. The molecule has 1 aliphatic rings. The number of esters is 1. The minimum Gasteiger partial charge on any atom is -0.466 e. The Labute approximate surface area is 188 Å². The van der Waals surface area contributed by atoms with E-state index in [0.29, 0.717) is 5.57 Å².